The first-order valence-corrected chi connectivity index (χ1v) is 7.69. The van der Waals surface area contributed by atoms with Crippen molar-refractivity contribution in [1.29, 1.82) is 0 Å². The van der Waals surface area contributed by atoms with Crippen LogP contribution in [0.4, 0.5) is 4.39 Å². The number of nitrogens with one attached hydrogen (secondary N) is 2. The summed E-state index contributed by atoms with van der Waals surface area (Å²) in [5, 5.41) is 6.82. The molecular formula is C16H20ClFN4O. The van der Waals surface area contributed by atoms with Gasteiger partial charge in [-0.2, -0.15) is 0 Å². The average Bonchev–Trinajstić information content (AvgIpc) is 2.55. The van der Waals surface area contributed by atoms with E-state index in [1.54, 1.807) is 12.4 Å². The van der Waals surface area contributed by atoms with Crippen LogP contribution < -0.4 is 15.4 Å². The van der Waals surface area contributed by atoms with Crippen molar-refractivity contribution < 1.29 is 9.13 Å². The zero-order chi connectivity index (χ0) is 16.7. The molecule has 0 fully saturated rings. The number of pyridine rings is 1. The van der Waals surface area contributed by atoms with E-state index < -0.39 is 6.67 Å². The Labute approximate surface area is 140 Å². The van der Waals surface area contributed by atoms with E-state index in [-0.39, 0.29) is 12.6 Å². The lowest BCUT2D eigenvalue weighted by atomic mass is 10.1. The largest absolute Gasteiger partial charge is 0.475 e. The van der Waals surface area contributed by atoms with Gasteiger partial charge in [-0.15, -0.1) is 0 Å². The molecule has 0 radical (unpaired) electrons. The SMILES string of the molecule is CNC1C=CN=C(Cl)/C1=C/NCc1cnc(OCCF)c(C)c1. The molecule has 0 aliphatic carbocycles. The summed E-state index contributed by atoms with van der Waals surface area (Å²) in [6, 6.07) is 1.99. The molecule has 0 bridgehead atoms. The Kier molecular flexibility index (Phi) is 6.55. The standard InChI is InChI=1S/C16H20ClFN4O/c1-11-7-12(9-22-16(11)23-6-4-18)8-20-10-13-14(19-2)3-5-21-15(13)17/h3,5,7,9-10,14,19-20H,4,6,8H2,1-2H3/b13-10+. The number of likely N-dealkylation sites (N-methyl/N-ethyl adjacent to an activating group) is 1. The number of rotatable bonds is 7. The molecule has 5 nitrogen and oxygen atoms in total. The Morgan fingerprint density at radius 2 is 2.30 bits per heavy atom. The Hall–Kier alpha value is -1.92. The van der Waals surface area contributed by atoms with Gasteiger partial charge in [0.15, 0.2) is 0 Å². The van der Waals surface area contributed by atoms with E-state index in [1.807, 2.05) is 32.3 Å². The highest BCUT2D eigenvalue weighted by Crippen LogP contribution is 2.16. The van der Waals surface area contributed by atoms with E-state index in [4.69, 9.17) is 16.3 Å². The maximum Gasteiger partial charge on any atom is 0.216 e. The predicted octanol–water partition coefficient (Wildman–Crippen LogP) is 2.46. The molecule has 1 aliphatic heterocycles. The molecule has 2 rings (SSSR count). The Bertz CT molecular complexity index is 631. The van der Waals surface area contributed by atoms with Gasteiger partial charge in [0, 0.05) is 36.3 Å². The number of hydrogen-bond donors (Lipinski definition) is 2. The molecule has 23 heavy (non-hydrogen) atoms. The fourth-order valence-corrected chi connectivity index (χ4v) is 2.41. The molecule has 0 amide bonds. The molecule has 1 aromatic heterocycles. The van der Waals surface area contributed by atoms with E-state index >= 15 is 0 Å². The third kappa shape index (κ3) is 4.77. The third-order valence-corrected chi connectivity index (χ3v) is 3.63. The summed E-state index contributed by atoms with van der Waals surface area (Å²) in [5.41, 5.74) is 2.75. The Balaban J connectivity index is 1.98. The molecule has 2 N–H and O–H groups in total. The first-order chi connectivity index (χ1) is 11.2. The van der Waals surface area contributed by atoms with Gasteiger partial charge in [0.1, 0.15) is 18.5 Å². The van der Waals surface area contributed by atoms with Crippen molar-refractivity contribution in [3.63, 3.8) is 0 Å². The highest BCUT2D eigenvalue weighted by atomic mass is 35.5. The van der Waals surface area contributed by atoms with Crippen LogP contribution in [-0.2, 0) is 6.54 Å². The van der Waals surface area contributed by atoms with Crippen LogP contribution >= 0.6 is 11.6 Å². The molecule has 124 valence electrons. The van der Waals surface area contributed by atoms with Crippen molar-refractivity contribution in [2.45, 2.75) is 19.5 Å². The Morgan fingerprint density at radius 3 is 3.00 bits per heavy atom. The van der Waals surface area contributed by atoms with Crippen LogP contribution in [0, 0.1) is 6.92 Å². The van der Waals surface area contributed by atoms with Crippen molar-refractivity contribution in [3.8, 4) is 5.88 Å². The third-order valence-electron chi connectivity index (χ3n) is 3.32. The smallest absolute Gasteiger partial charge is 0.216 e. The lowest BCUT2D eigenvalue weighted by Crippen LogP contribution is -2.30. The van der Waals surface area contributed by atoms with Crippen LogP contribution in [0.1, 0.15) is 11.1 Å². The summed E-state index contributed by atoms with van der Waals surface area (Å²) < 4.78 is 17.3. The van der Waals surface area contributed by atoms with Gasteiger partial charge >= 0.3 is 0 Å². The summed E-state index contributed by atoms with van der Waals surface area (Å²) in [5.74, 6) is 0.465. The van der Waals surface area contributed by atoms with Gasteiger partial charge in [-0.3, -0.25) is 0 Å². The molecule has 1 atom stereocenters. The number of halogens is 2. The minimum Gasteiger partial charge on any atom is -0.475 e. The maximum atomic E-state index is 12.1. The van der Waals surface area contributed by atoms with Crippen LogP contribution in [0.25, 0.3) is 0 Å². The van der Waals surface area contributed by atoms with Gasteiger partial charge in [-0.1, -0.05) is 11.6 Å². The summed E-state index contributed by atoms with van der Waals surface area (Å²) in [6.07, 6.45) is 7.17. The van der Waals surface area contributed by atoms with E-state index in [9.17, 15) is 4.39 Å². The molecule has 1 aromatic rings. The number of aryl methyl sites for hydroxylation is 1. The number of aromatic nitrogens is 1. The lowest BCUT2D eigenvalue weighted by Gasteiger charge is -2.18. The topological polar surface area (TPSA) is 58.5 Å². The van der Waals surface area contributed by atoms with Gasteiger partial charge in [0.25, 0.3) is 0 Å². The highest BCUT2D eigenvalue weighted by Gasteiger charge is 2.16. The van der Waals surface area contributed by atoms with Gasteiger partial charge in [0.05, 0.1) is 6.04 Å². The van der Waals surface area contributed by atoms with E-state index in [1.165, 1.54) is 0 Å². The zero-order valence-corrected chi connectivity index (χ0v) is 13.9. The first-order valence-electron chi connectivity index (χ1n) is 7.31. The van der Waals surface area contributed by atoms with Crippen LogP contribution in [0.15, 0.2) is 41.3 Å². The summed E-state index contributed by atoms with van der Waals surface area (Å²) >= 11 is 6.12. The average molecular weight is 339 g/mol. The second-order valence-corrected chi connectivity index (χ2v) is 5.37. The molecule has 0 saturated heterocycles. The lowest BCUT2D eigenvalue weighted by molar-refractivity contribution is 0.263. The monoisotopic (exact) mass is 338 g/mol. The minimum absolute atomic E-state index is 0.0221. The van der Waals surface area contributed by atoms with Gasteiger partial charge in [-0.25, -0.2) is 14.4 Å². The fourth-order valence-electron chi connectivity index (χ4n) is 2.18. The quantitative estimate of drug-likeness (QED) is 0.802. The second-order valence-electron chi connectivity index (χ2n) is 5.01. The van der Waals surface area contributed by atoms with Crippen molar-refractivity contribution in [2.24, 2.45) is 4.99 Å². The highest BCUT2D eigenvalue weighted by molar-refractivity contribution is 6.70. The van der Waals surface area contributed by atoms with Gasteiger partial charge in [-0.05, 0) is 31.7 Å². The van der Waals surface area contributed by atoms with E-state index in [0.717, 1.165) is 16.7 Å². The molecule has 2 heterocycles. The van der Waals surface area contributed by atoms with Gasteiger partial charge in [0.2, 0.25) is 5.88 Å². The number of alkyl halides is 1. The first kappa shape index (κ1) is 17.4. The molecule has 0 saturated carbocycles. The van der Waals surface area contributed by atoms with Crippen molar-refractivity contribution in [2.75, 3.05) is 20.3 Å². The van der Waals surface area contributed by atoms with Crippen LogP contribution in [-0.4, -0.2) is 36.5 Å². The number of ether oxygens (including phenoxy) is 1. The molecular weight excluding hydrogens is 319 g/mol. The predicted molar refractivity (Wildman–Crippen MR) is 90.6 cm³/mol. The fraction of sp³-hybridized carbons (Fsp3) is 0.375. The summed E-state index contributed by atoms with van der Waals surface area (Å²) in [6.45, 7) is 1.97. The van der Waals surface area contributed by atoms with E-state index in [2.05, 4.69) is 20.6 Å². The second kappa shape index (κ2) is 8.64. The van der Waals surface area contributed by atoms with Crippen molar-refractivity contribution in [3.05, 3.63) is 47.4 Å². The zero-order valence-electron chi connectivity index (χ0n) is 13.1. The molecule has 1 aliphatic rings. The molecule has 0 aromatic carbocycles. The normalized spacial score (nSPS) is 18.9. The van der Waals surface area contributed by atoms with Crippen LogP contribution in [0.2, 0.25) is 0 Å². The molecule has 0 spiro atoms. The van der Waals surface area contributed by atoms with E-state index in [0.29, 0.717) is 17.6 Å². The van der Waals surface area contributed by atoms with Crippen LogP contribution in [0.5, 0.6) is 5.88 Å². The number of nitrogens with zero attached hydrogens (tertiary/aromatic N) is 2. The van der Waals surface area contributed by atoms with Crippen molar-refractivity contribution >= 4 is 16.8 Å². The number of hydrogen-bond acceptors (Lipinski definition) is 5. The minimum atomic E-state index is -0.526. The molecule has 1 unspecified atom stereocenters. The maximum absolute atomic E-state index is 12.1. The van der Waals surface area contributed by atoms with Gasteiger partial charge < -0.3 is 15.4 Å². The Morgan fingerprint density at radius 1 is 1.48 bits per heavy atom. The summed E-state index contributed by atoms with van der Waals surface area (Å²) in [7, 11) is 1.86. The van der Waals surface area contributed by atoms with Crippen LogP contribution in [0.3, 0.4) is 0 Å². The molecule has 7 heteroatoms. The summed E-state index contributed by atoms with van der Waals surface area (Å²) in [4.78, 5) is 8.29. The number of aliphatic imine (C=N–C) groups is 1. The van der Waals surface area contributed by atoms with Crippen molar-refractivity contribution in [1.82, 2.24) is 15.6 Å².